The molecule has 7 nitrogen and oxygen atoms in total. The molecule has 1 aliphatic rings. The Labute approximate surface area is 146 Å². The number of sulfone groups is 1. The molecule has 0 radical (unpaired) electrons. The fourth-order valence-corrected chi connectivity index (χ4v) is 4.56. The first-order chi connectivity index (χ1) is 11.8. The van der Waals surface area contributed by atoms with Gasteiger partial charge in [-0.05, 0) is 49.6 Å². The van der Waals surface area contributed by atoms with Crippen LogP contribution in [0, 0.1) is 13.8 Å². The van der Waals surface area contributed by atoms with E-state index in [0.717, 1.165) is 16.8 Å². The summed E-state index contributed by atoms with van der Waals surface area (Å²) in [7, 11) is -3.04. The standard InChI is InChI=1S/C17H20N4O3S/c1-11-7-12(2)9-14(8-11)20-17-18-5-3-15(21-17)16(22)19-13-4-6-25(23,24)10-13/h3,5,7-9,13H,4,6,10H2,1-2H3,(H,19,22)(H,18,20,21). The minimum absolute atomic E-state index is 0.0164. The summed E-state index contributed by atoms with van der Waals surface area (Å²) in [5.74, 6) is 0.0170. The van der Waals surface area contributed by atoms with Crippen molar-refractivity contribution in [1.29, 1.82) is 0 Å². The molecule has 2 heterocycles. The van der Waals surface area contributed by atoms with Crippen molar-refractivity contribution in [2.45, 2.75) is 26.3 Å². The largest absolute Gasteiger partial charge is 0.347 e. The maximum absolute atomic E-state index is 12.3. The molecule has 0 bridgehead atoms. The molecule has 1 fully saturated rings. The van der Waals surface area contributed by atoms with E-state index in [1.165, 1.54) is 12.3 Å². The van der Waals surface area contributed by atoms with Crippen molar-refractivity contribution in [2.24, 2.45) is 0 Å². The van der Waals surface area contributed by atoms with Gasteiger partial charge in [-0.2, -0.15) is 0 Å². The van der Waals surface area contributed by atoms with E-state index in [9.17, 15) is 13.2 Å². The van der Waals surface area contributed by atoms with Crippen molar-refractivity contribution in [3.05, 3.63) is 47.3 Å². The number of rotatable bonds is 4. The minimum Gasteiger partial charge on any atom is -0.347 e. The number of aryl methyl sites for hydroxylation is 2. The SMILES string of the molecule is Cc1cc(C)cc(Nc2nccc(C(=O)NC3CCS(=O)(=O)C3)n2)c1. The minimum atomic E-state index is -3.04. The van der Waals surface area contributed by atoms with Gasteiger partial charge in [0.15, 0.2) is 9.84 Å². The highest BCUT2D eigenvalue weighted by Crippen LogP contribution is 2.17. The number of anilines is 2. The average Bonchev–Trinajstić information content (AvgIpc) is 2.85. The van der Waals surface area contributed by atoms with Crippen molar-refractivity contribution in [3.63, 3.8) is 0 Å². The Balaban J connectivity index is 1.71. The lowest BCUT2D eigenvalue weighted by Gasteiger charge is -2.11. The molecule has 0 spiro atoms. The number of hydrogen-bond donors (Lipinski definition) is 2. The van der Waals surface area contributed by atoms with Crippen molar-refractivity contribution >= 4 is 27.4 Å². The van der Waals surface area contributed by atoms with Gasteiger partial charge in [0.1, 0.15) is 5.69 Å². The van der Waals surface area contributed by atoms with Crippen LogP contribution in [-0.4, -0.2) is 41.8 Å². The lowest BCUT2D eigenvalue weighted by Crippen LogP contribution is -2.36. The van der Waals surface area contributed by atoms with Crippen LogP contribution in [0.1, 0.15) is 28.0 Å². The predicted octanol–water partition coefficient (Wildman–Crippen LogP) is 1.75. The summed E-state index contributed by atoms with van der Waals surface area (Å²) in [6.07, 6.45) is 1.94. The second-order valence-electron chi connectivity index (χ2n) is 6.34. The summed E-state index contributed by atoms with van der Waals surface area (Å²) in [6.45, 7) is 4.00. The first-order valence-electron chi connectivity index (χ1n) is 8.00. The molecule has 1 amide bonds. The van der Waals surface area contributed by atoms with E-state index in [4.69, 9.17) is 0 Å². The van der Waals surface area contributed by atoms with E-state index in [0.29, 0.717) is 12.4 Å². The maximum Gasteiger partial charge on any atom is 0.270 e. The zero-order chi connectivity index (χ0) is 18.0. The van der Waals surface area contributed by atoms with Gasteiger partial charge < -0.3 is 10.6 Å². The van der Waals surface area contributed by atoms with Crippen LogP contribution in [0.25, 0.3) is 0 Å². The number of carbonyl (C=O) groups is 1. The zero-order valence-electron chi connectivity index (χ0n) is 14.1. The Morgan fingerprint density at radius 2 is 1.92 bits per heavy atom. The van der Waals surface area contributed by atoms with E-state index in [2.05, 4.69) is 26.7 Å². The third-order valence-electron chi connectivity index (χ3n) is 3.93. The molecule has 2 N–H and O–H groups in total. The van der Waals surface area contributed by atoms with Gasteiger partial charge in [-0.25, -0.2) is 18.4 Å². The van der Waals surface area contributed by atoms with Crippen molar-refractivity contribution in [1.82, 2.24) is 15.3 Å². The number of aromatic nitrogens is 2. The molecule has 25 heavy (non-hydrogen) atoms. The summed E-state index contributed by atoms with van der Waals surface area (Å²) < 4.78 is 23.0. The van der Waals surface area contributed by atoms with Gasteiger partial charge in [-0.3, -0.25) is 4.79 Å². The van der Waals surface area contributed by atoms with Gasteiger partial charge in [0.2, 0.25) is 5.95 Å². The predicted molar refractivity (Wildman–Crippen MR) is 95.8 cm³/mol. The van der Waals surface area contributed by atoms with Gasteiger partial charge in [-0.1, -0.05) is 6.07 Å². The monoisotopic (exact) mass is 360 g/mol. The quantitative estimate of drug-likeness (QED) is 0.861. The van der Waals surface area contributed by atoms with Crippen LogP contribution in [0.4, 0.5) is 11.6 Å². The van der Waals surface area contributed by atoms with Crippen LogP contribution in [-0.2, 0) is 9.84 Å². The highest BCUT2D eigenvalue weighted by Gasteiger charge is 2.29. The molecule has 132 valence electrons. The Hall–Kier alpha value is -2.48. The van der Waals surface area contributed by atoms with E-state index in [1.807, 2.05) is 26.0 Å². The molecule has 0 saturated carbocycles. The Bertz CT molecular complexity index is 892. The van der Waals surface area contributed by atoms with Gasteiger partial charge in [0.05, 0.1) is 11.5 Å². The fraction of sp³-hybridized carbons (Fsp3) is 0.353. The molecule has 3 rings (SSSR count). The van der Waals surface area contributed by atoms with Gasteiger partial charge in [-0.15, -0.1) is 0 Å². The van der Waals surface area contributed by atoms with Crippen LogP contribution in [0.3, 0.4) is 0 Å². The van der Waals surface area contributed by atoms with E-state index >= 15 is 0 Å². The molecular formula is C17H20N4O3S. The molecule has 1 aromatic heterocycles. The average molecular weight is 360 g/mol. The number of hydrogen-bond acceptors (Lipinski definition) is 6. The molecule has 2 aromatic rings. The Morgan fingerprint density at radius 1 is 1.20 bits per heavy atom. The van der Waals surface area contributed by atoms with E-state index in [1.54, 1.807) is 0 Å². The summed E-state index contributed by atoms with van der Waals surface area (Å²) in [5, 5.41) is 5.81. The van der Waals surface area contributed by atoms with Crippen LogP contribution >= 0.6 is 0 Å². The zero-order valence-corrected chi connectivity index (χ0v) is 14.9. The Kier molecular flexibility index (Phi) is 4.71. The number of nitrogens with one attached hydrogen (secondary N) is 2. The van der Waals surface area contributed by atoms with Crippen LogP contribution in [0.2, 0.25) is 0 Å². The first-order valence-corrected chi connectivity index (χ1v) is 9.82. The highest BCUT2D eigenvalue weighted by molar-refractivity contribution is 7.91. The Morgan fingerprint density at radius 3 is 2.56 bits per heavy atom. The van der Waals surface area contributed by atoms with E-state index < -0.39 is 15.7 Å². The van der Waals surface area contributed by atoms with Gasteiger partial charge in [0, 0.05) is 17.9 Å². The highest BCUT2D eigenvalue weighted by atomic mass is 32.2. The molecule has 1 atom stereocenters. The van der Waals surface area contributed by atoms with Crippen LogP contribution in [0.5, 0.6) is 0 Å². The molecule has 1 unspecified atom stereocenters. The number of carbonyl (C=O) groups excluding carboxylic acids is 1. The fourth-order valence-electron chi connectivity index (χ4n) is 2.89. The first kappa shape index (κ1) is 17.3. The molecule has 0 aliphatic carbocycles. The molecule has 8 heteroatoms. The lowest BCUT2D eigenvalue weighted by atomic mass is 10.1. The summed E-state index contributed by atoms with van der Waals surface area (Å²) >= 11 is 0. The van der Waals surface area contributed by atoms with Gasteiger partial charge >= 0.3 is 0 Å². The smallest absolute Gasteiger partial charge is 0.270 e. The second-order valence-corrected chi connectivity index (χ2v) is 8.57. The third-order valence-corrected chi connectivity index (χ3v) is 5.70. The van der Waals surface area contributed by atoms with Crippen molar-refractivity contribution in [2.75, 3.05) is 16.8 Å². The van der Waals surface area contributed by atoms with Crippen LogP contribution in [0.15, 0.2) is 30.5 Å². The molecular weight excluding hydrogens is 340 g/mol. The third kappa shape index (κ3) is 4.54. The summed E-state index contributed by atoms with van der Waals surface area (Å²) in [4.78, 5) is 20.7. The number of nitrogens with zero attached hydrogens (tertiary/aromatic N) is 2. The number of amides is 1. The molecule has 1 aliphatic heterocycles. The topological polar surface area (TPSA) is 101 Å². The summed E-state index contributed by atoms with van der Waals surface area (Å²) in [5.41, 5.74) is 3.26. The van der Waals surface area contributed by atoms with Gasteiger partial charge in [0.25, 0.3) is 5.91 Å². The number of benzene rings is 1. The van der Waals surface area contributed by atoms with Crippen molar-refractivity contribution in [3.8, 4) is 0 Å². The van der Waals surface area contributed by atoms with Crippen molar-refractivity contribution < 1.29 is 13.2 Å². The normalized spacial score (nSPS) is 18.7. The van der Waals surface area contributed by atoms with Crippen LogP contribution < -0.4 is 10.6 Å². The maximum atomic E-state index is 12.3. The molecule has 1 aromatic carbocycles. The lowest BCUT2D eigenvalue weighted by molar-refractivity contribution is 0.0936. The second kappa shape index (κ2) is 6.79. The van der Waals surface area contributed by atoms with E-state index in [-0.39, 0.29) is 23.2 Å². The molecule has 1 saturated heterocycles. The summed E-state index contributed by atoms with van der Waals surface area (Å²) in [6, 6.07) is 7.14.